The predicted octanol–water partition coefficient (Wildman–Crippen LogP) is 1.22. The molecular formula is C10H19N3O2. The Balaban J connectivity index is 2.14. The highest BCUT2D eigenvalue weighted by Gasteiger charge is 2.19. The zero-order valence-corrected chi connectivity index (χ0v) is 9.17. The van der Waals surface area contributed by atoms with Gasteiger partial charge in [0.1, 0.15) is 0 Å². The first kappa shape index (κ1) is 12.1. The van der Waals surface area contributed by atoms with Crippen molar-refractivity contribution in [1.29, 1.82) is 0 Å². The molecule has 0 fully saturated rings. The number of aliphatic hydroxyl groups is 1. The lowest BCUT2D eigenvalue weighted by atomic mass is 9.92. The van der Waals surface area contributed by atoms with Crippen molar-refractivity contribution in [2.45, 2.75) is 31.8 Å². The van der Waals surface area contributed by atoms with E-state index in [2.05, 4.69) is 10.3 Å². The number of hydrogen-bond acceptors (Lipinski definition) is 4. The van der Waals surface area contributed by atoms with E-state index in [0.717, 1.165) is 32.2 Å². The van der Waals surface area contributed by atoms with E-state index in [-0.39, 0.29) is 6.10 Å². The van der Waals surface area contributed by atoms with Gasteiger partial charge in [0.05, 0.1) is 11.4 Å². The monoisotopic (exact) mass is 213 g/mol. The number of aliphatic hydroxyl groups excluding tert-OH is 1. The van der Waals surface area contributed by atoms with Gasteiger partial charge in [-0.3, -0.25) is 10.0 Å². The van der Waals surface area contributed by atoms with Crippen LogP contribution in [0.1, 0.15) is 25.7 Å². The molecule has 1 heterocycles. The molecule has 0 saturated heterocycles. The lowest BCUT2D eigenvalue weighted by Gasteiger charge is -2.23. The van der Waals surface area contributed by atoms with Crippen molar-refractivity contribution >= 4 is 6.21 Å². The summed E-state index contributed by atoms with van der Waals surface area (Å²) in [6.07, 6.45) is 5.14. The van der Waals surface area contributed by atoms with E-state index in [4.69, 9.17) is 0 Å². The van der Waals surface area contributed by atoms with E-state index in [1.165, 1.54) is 5.01 Å². The highest BCUT2D eigenvalue weighted by atomic mass is 16.3. The van der Waals surface area contributed by atoms with Crippen LogP contribution in [-0.2, 0) is 0 Å². The summed E-state index contributed by atoms with van der Waals surface area (Å²) in [6, 6.07) is 0. The third kappa shape index (κ3) is 4.38. The maximum atomic E-state index is 10.1. The van der Waals surface area contributed by atoms with Gasteiger partial charge in [0, 0.05) is 26.1 Å². The zero-order chi connectivity index (χ0) is 11.1. The quantitative estimate of drug-likeness (QED) is 0.533. The maximum absolute atomic E-state index is 10.1. The normalized spacial score (nSPS) is 22.4. The molecule has 1 N–H and O–H groups in total. The fourth-order valence-electron chi connectivity index (χ4n) is 1.80. The Morgan fingerprint density at radius 1 is 1.73 bits per heavy atom. The Hall–Kier alpha value is -0.970. The van der Waals surface area contributed by atoms with Crippen LogP contribution in [-0.4, -0.2) is 42.6 Å². The highest BCUT2D eigenvalue weighted by molar-refractivity contribution is 5.57. The standard InChI is InChI=1S/C10H19N3O2/c1-13(12-15)7-3-5-10(14)9-4-2-6-11-8-9/h6,9-10,14H,2-5,7-8H2,1H3. The Morgan fingerprint density at radius 3 is 3.13 bits per heavy atom. The van der Waals surface area contributed by atoms with Crippen LogP contribution in [0, 0.1) is 10.8 Å². The summed E-state index contributed by atoms with van der Waals surface area (Å²) in [7, 11) is 1.64. The number of rotatable bonds is 6. The second-order valence-electron chi connectivity index (χ2n) is 4.06. The molecule has 1 aliphatic rings. The summed E-state index contributed by atoms with van der Waals surface area (Å²) >= 11 is 0. The molecular weight excluding hydrogens is 194 g/mol. The van der Waals surface area contributed by atoms with Crippen molar-refractivity contribution < 1.29 is 5.11 Å². The van der Waals surface area contributed by atoms with Gasteiger partial charge in [-0.05, 0) is 31.9 Å². The molecule has 0 aromatic carbocycles. The number of nitrogens with zero attached hydrogens (tertiary/aromatic N) is 3. The Morgan fingerprint density at radius 2 is 2.53 bits per heavy atom. The van der Waals surface area contributed by atoms with Crippen LogP contribution in [0.2, 0.25) is 0 Å². The molecule has 0 radical (unpaired) electrons. The van der Waals surface area contributed by atoms with E-state index in [1.54, 1.807) is 7.05 Å². The smallest absolute Gasteiger partial charge is 0.0586 e. The number of hydrogen-bond donors (Lipinski definition) is 1. The third-order valence-electron chi connectivity index (χ3n) is 2.80. The minimum Gasteiger partial charge on any atom is -0.393 e. The molecule has 0 aromatic heterocycles. The first-order chi connectivity index (χ1) is 7.24. The van der Waals surface area contributed by atoms with Crippen LogP contribution in [0.3, 0.4) is 0 Å². The van der Waals surface area contributed by atoms with Crippen molar-refractivity contribution in [2.75, 3.05) is 20.1 Å². The largest absolute Gasteiger partial charge is 0.393 e. The van der Waals surface area contributed by atoms with Crippen molar-refractivity contribution in [1.82, 2.24) is 5.01 Å². The van der Waals surface area contributed by atoms with Crippen LogP contribution < -0.4 is 0 Å². The number of aliphatic imine (C=N–C) groups is 1. The summed E-state index contributed by atoms with van der Waals surface area (Å²) in [4.78, 5) is 14.3. The van der Waals surface area contributed by atoms with Crippen LogP contribution >= 0.6 is 0 Å². The molecule has 0 aliphatic carbocycles. The van der Waals surface area contributed by atoms with Crippen molar-refractivity contribution in [3.8, 4) is 0 Å². The molecule has 5 nitrogen and oxygen atoms in total. The van der Waals surface area contributed by atoms with Gasteiger partial charge < -0.3 is 5.11 Å². The van der Waals surface area contributed by atoms with Crippen molar-refractivity contribution in [2.24, 2.45) is 16.2 Å². The van der Waals surface area contributed by atoms with Gasteiger partial charge in [0.25, 0.3) is 0 Å². The Labute approximate surface area is 90.1 Å². The predicted molar refractivity (Wildman–Crippen MR) is 59.7 cm³/mol. The van der Waals surface area contributed by atoms with Gasteiger partial charge in [-0.15, -0.1) is 4.91 Å². The third-order valence-corrected chi connectivity index (χ3v) is 2.80. The molecule has 0 bridgehead atoms. The topological polar surface area (TPSA) is 65.3 Å². The molecule has 5 heteroatoms. The average Bonchev–Trinajstić information content (AvgIpc) is 2.29. The summed E-state index contributed by atoms with van der Waals surface area (Å²) in [5, 5.41) is 14.0. The molecule has 1 aliphatic heterocycles. The van der Waals surface area contributed by atoms with E-state index in [1.807, 2.05) is 6.21 Å². The molecule has 15 heavy (non-hydrogen) atoms. The van der Waals surface area contributed by atoms with Gasteiger partial charge in [0.2, 0.25) is 0 Å². The highest BCUT2D eigenvalue weighted by Crippen LogP contribution is 2.18. The van der Waals surface area contributed by atoms with Gasteiger partial charge >= 0.3 is 0 Å². The average molecular weight is 213 g/mol. The summed E-state index contributed by atoms with van der Waals surface area (Å²) in [6.45, 7) is 1.35. The SMILES string of the molecule is CN(CCCC(O)C1CCC=NC1)N=O. The molecule has 2 atom stereocenters. The second kappa shape index (κ2) is 6.50. The van der Waals surface area contributed by atoms with Crippen LogP contribution in [0.5, 0.6) is 0 Å². The first-order valence-electron chi connectivity index (χ1n) is 5.44. The molecule has 0 saturated carbocycles. The molecule has 2 unspecified atom stereocenters. The van der Waals surface area contributed by atoms with Gasteiger partial charge in [0.15, 0.2) is 0 Å². The molecule has 1 rings (SSSR count). The minimum atomic E-state index is -0.289. The molecule has 86 valence electrons. The minimum absolute atomic E-state index is 0.289. The van der Waals surface area contributed by atoms with E-state index >= 15 is 0 Å². The summed E-state index contributed by atoms with van der Waals surface area (Å²) < 4.78 is 0. The van der Waals surface area contributed by atoms with Gasteiger partial charge in [-0.25, -0.2) is 0 Å². The molecule has 0 amide bonds. The summed E-state index contributed by atoms with van der Waals surface area (Å²) in [5.41, 5.74) is 0. The fraction of sp³-hybridized carbons (Fsp3) is 0.900. The molecule has 0 spiro atoms. The molecule has 0 aromatic rings. The lowest BCUT2D eigenvalue weighted by molar-refractivity contribution is 0.0925. The Bertz CT molecular complexity index is 221. The van der Waals surface area contributed by atoms with E-state index in [9.17, 15) is 10.0 Å². The van der Waals surface area contributed by atoms with Crippen LogP contribution in [0.4, 0.5) is 0 Å². The lowest BCUT2D eigenvalue weighted by Crippen LogP contribution is -2.26. The maximum Gasteiger partial charge on any atom is 0.0586 e. The van der Waals surface area contributed by atoms with Crippen LogP contribution in [0.25, 0.3) is 0 Å². The first-order valence-corrected chi connectivity index (χ1v) is 5.44. The van der Waals surface area contributed by atoms with Gasteiger partial charge in [-0.2, -0.15) is 0 Å². The van der Waals surface area contributed by atoms with Crippen molar-refractivity contribution in [3.05, 3.63) is 4.91 Å². The summed E-state index contributed by atoms with van der Waals surface area (Å²) in [5.74, 6) is 0.296. The van der Waals surface area contributed by atoms with Gasteiger partial charge in [-0.1, -0.05) is 0 Å². The number of nitroso groups, excluding NO2 is 1. The second-order valence-corrected chi connectivity index (χ2v) is 4.06. The van der Waals surface area contributed by atoms with Crippen LogP contribution in [0.15, 0.2) is 10.3 Å². The Kier molecular flexibility index (Phi) is 5.25. The zero-order valence-electron chi connectivity index (χ0n) is 9.17. The van der Waals surface area contributed by atoms with E-state index in [0.29, 0.717) is 12.5 Å². The van der Waals surface area contributed by atoms with E-state index < -0.39 is 0 Å². The van der Waals surface area contributed by atoms with Crippen molar-refractivity contribution in [3.63, 3.8) is 0 Å². The fourth-order valence-corrected chi connectivity index (χ4v) is 1.80.